The van der Waals surface area contributed by atoms with E-state index in [2.05, 4.69) is 214 Å². The molecule has 0 aromatic heterocycles. The molecular formula is C62H41BBr2O2. The lowest BCUT2D eigenvalue weighted by molar-refractivity contribution is 0.426. The summed E-state index contributed by atoms with van der Waals surface area (Å²) in [4.78, 5) is 0. The Kier molecular flexibility index (Phi) is 11.6. The third-order valence-corrected chi connectivity index (χ3v) is 13.8. The van der Waals surface area contributed by atoms with Crippen molar-refractivity contribution in [1.29, 1.82) is 0 Å². The van der Waals surface area contributed by atoms with E-state index in [1.165, 1.54) is 86.9 Å². The van der Waals surface area contributed by atoms with Crippen LogP contribution in [0.5, 0.6) is 0 Å². The van der Waals surface area contributed by atoms with Gasteiger partial charge in [0.25, 0.3) is 0 Å². The van der Waals surface area contributed by atoms with Gasteiger partial charge in [-0.1, -0.05) is 220 Å². The molecule has 0 fully saturated rings. The summed E-state index contributed by atoms with van der Waals surface area (Å²) in [5.41, 5.74) is 5.63. The van der Waals surface area contributed by atoms with E-state index in [1.54, 1.807) is 0 Å². The van der Waals surface area contributed by atoms with Crippen LogP contribution in [0.15, 0.2) is 246 Å². The predicted octanol–water partition coefficient (Wildman–Crippen LogP) is 16.8. The van der Waals surface area contributed by atoms with Crippen LogP contribution in [0, 0.1) is 0 Å². The van der Waals surface area contributed by atoms with Gasteiger partial charge in [0, 0.05) is 8.95 Å². The highest BCUT2D eigenvalue weighted by Crippen LogP contribution is 2.39. The van der Waals surface area contributed by atoms with Crippen LogP contribution in [0.2, 0.25) is 0 Å². The van der Waals surface area contributed by atoms with Crippen molar-refractivity contribution in [3.63, 3.8) is 0 Å². The van der Waals surface area contributed by atoms with E-state index in [0.29, 0.717) is 5.46 Å². The fourth-order valence-corrected chi connectivity index (χ4v) is 10.4. The number of halogens is 2. The molecule has 0 aliphatic carbocycles. The average molecular weight is 989 g/mol. The van der Waals surface area contributed by atoms with E-state index in [1.807, 2.05) is 54.6 Å². The minimum Gasteiger partial charge on any atom is -0.423 e. The van der Waals surface area contributed by atoms with Crippen LogP contribution >= 0.6 is 31.9 Å². The summed E-state index contributed by atoms with van der Waals surface area (Å²) in [5.74, 6) is 0. The molecule has 13 aromatic rings. The van der Waals surface area contributed by atoms with Crippen LogP contribution in [0.4, 0.5) is 0 Å². The van der Waals surface area contributed by atoms with Crippen molar-refractivity contribution in [3.05, 3.63) is 246 Å². The third kappa shape index (κ3) is 8.37. The molecule has 13 aromatic carbocycles. The molecule has 0 saturated heterocycles. The maximum Gasteiger partial charge on any atom is 0.489 e. The molecule has 0 amide bonds. The molecule has 0 bridgehead atoms. The zero-order valence-electron chi connectivity index (χ0n) is 36.2. The highest BCUT2D eigenvalue weighted by Gasteiger charge is 2.16. The van der Waals surface area contributed by atoms with Gasteiger partial charge in [0.1, 0.15) is 0 Å². The highest BCUT2D eigenvalue weighted by atomic mass is 79.9. The molecule has 0 spiro atoms. The number of benzene rings is 13. The third-order valence-electron chi connectivity index (χ3n) is 12.8. The Morgan fingerprint density at radius 3 is 0.985 bits per heavy atom. The molecule has 2 nitrogen and oxygen atoms in total. The first-order valence-electron chi connectivity index (χ1n) is 22.3. The zero-order chi connectivity index (χ0) is 45.4. The fraction of sp³-hybridized carbons (Fsp3) is 0. The van der Waals surface area contributed by atoms with Crippen LogP contribution in [0.1, 0.15) is 0 Å². The van der Waals surface area contributed by atoms with Gasteiger partial charge in [-0.3, -0.25) is 0 Å². The van der Waals surface area contributed by atoms with Crippen LogP contribution in [0.25, 0.3) is 108 Å². The monoisotopic (exact) mass is 986 g/mol. The van der Waals surface area contributed by atoms with Gasteiger partial charge in [0.15, 0.2) is 0 Å². The lowest BCUT2D eigenvalue weighted by Crippen LogP contribution is -2.30. The van der Waals surface area contributed by atoms with Crippen LogP contribution in [-0.4, -0.2) is 17.2 Å². The summed E-state index contributed by atoms with van der Waals surface area (Å²) >= 11 is 6.88. The van der Waals surface area contributed by atoms with Crippen molar-refractivity contribution >= 4 is 131 Å². The van der Waals surface area contributed by atoms with E-state index in [0.717, 1.165) is 30.5 Å². The Bertz CT molecular complexity index is 3810. The van der Waals surface area contributed by atoms with Crippen molar-refractivity contribution in [1.82, 2.24) is 0 Å². The van der Waals surface area contributed by atoms with Gasteiger partial charge in [0.2, 0.25) is 0 Å². The van der Waals surface area contributed by atoms with Gasteiger partial charge in [0.05, 0.1) is 0 Å². The normalized spacial score (nSPS) is 11.3. The number of hydrogen-bond donors (Lipinski definition) is 2. The smallest absolute Gasteiger partial charge is 0.423 e. The van der Waals surface area contributed by atoms with Gasteiger partial charge in [-0.15, -0.1) is 0 Å². The van der Waals surface area contributed by atoms with Gasteiger partial charge in [-0.2, -0.15) is 0 Å². The first-order chi connectivity index (χ1) is 32.9. The van der Waals surface area contributed by atoms with Crippen LogP contribution in [-0.2, 0) is 0 Å². The Hall–Kier alpha value is -7.12. The van der Waals surface area contributed by atoms with Gasteiger partial charge in [-0.25, -0.2) is 0 Å². The first kappa shape index (κ1) is 42.5. The SMILES string of the molecule is Brc1ccc2cc(Br)ccc2c1.OB(O)c1cc2ccccc2c2ccccc12.c1ccc2c(c1)cc(-c1ccc3cc(-c4cc5ccccc5c5ccccc45)ccc3c1)c1ccccc12. The molecule has 0 aliphatic rings. The van der Waals surface area contributed by atoms with Crippen LogP contribution < -0.4 is 5.46 Å². The van der Waals surface area contributed by atoms with E-state index in [-0.39, 0.29) is 0 Å². The summed E-state index contributed by atoms with van der Waals surface area (Å²) in [7, 11) is -1.44. The molecule has 0 atom stereocenters. The fourth-order valence-electron chi connectivity index (χ4n) is 9.65. The van der Waals surface area contributed by atoms with E-state index < -0.39 is 7.12 Å². The maximum atomic E-state index is 9.44. The molecule has 67 heavy (non-hydrogen) atoms. The first-order valence-corrected chi connectivity index (χ1v) is 23.9. The van der Waals surface area contributed by atoms with Crippen molar-refractivity contribution in [2.75, 3.05) is 0 Å². The van der Waals surface area contributed by atoms with Gasteiger partial charge in [-0.05, 0) is 162 Å². The lowest BCUT2D eigenvalue weighted by Gasteiger charge is -2.13. The number of fused-ring (bicyclic) bond motifs is 11. The van der Waals surface area contributed by atoms with E-state index in [4.69, 9.17) is 0 Å². The molecule has 0 aliphatic heterocycles. The second kappa shape index (κ2) is 18.3. The summed E-state index contributed by atoms with van der Waals surface area (Å²) < 4.78 is 2.25. The molecule has 2 N–H and O–H groups in total. The van der Waals surface area contributed by atoms with Crippen molar-refractivity contribution in [3.8, 4) is 22.3 Å². The second-order valence-electron chi connectivity index (χ2n) is 16.9. The topological polar surface area (TPSA) is 40.5 Å². The number of rotatable bonds is 3. The second-order valence-corrected chi connectivity index (χ2v) is 18.7. The maximum absolute atomic E-state index is 9.44. The molecule has 0 saturated carbocycles. The molecule has 13 rings (SSSR count). The van der Waals surface area contributed by atoms with Crippen molar-refractivity contribution in [2.45, 2.75) is 0 Å². The molecular weight excluding hydrogens is 947 g/mol. The molecule has 0 heterocycles. The summed E-state index contributed by atoms with van der Waals surface area (Å²) in [6.45, 7) is 0. The summed E-state index contributed by atoms with van der Waals surface area (Å²) in [5, 5.41) is 38.4. The predicted molar refractivity (Wildman–Crippen MR) is 295 cm³/mol. The standard InChI is InChI=1S/C38H24.C14H11BO2.C10H6Br2/c1-3-11-31-27(9-1)23-37(35-15-7-5-13-33(31)35)29-19-17-26-22-30(20-18-25(26)21-29)38-24-28-10-2-4-12-32(28)34-14-6-8-16-36(34)38;16-15(17)14-9-10-5-1-2-6-11(10)12-7-3-4-8-13(12)14;11-9-3-1-7-5-10(12)4-2-8(7)6-9/h1-24H;1-9,16-17H;1-6H. The van der Waals surface area contributed by atoms with Crippen LogP contribution in [0.3, 0.4) is 0 Å². The van der Waals surface area contributed by atoms with Crippen molar-refractivity contribution < 1.29 is 10.0 Å². The zero-order valence-corrected chi connectivity index (χ0v) is 39.4. The molecule has 318 valence electrons. The molecule has 5 heteroatoms. The van der Waals surface area contributed by atoms with E-state index in [9.17, 15) is 10.0 Å². The molecule has 0 radical (unpaired) electrons. The largest absolute Gasteiger partial charge is 0.489 e. The summed E-state index contributed by atoms with van der Waals surface area (Å²) in [6.07, 6.45) is 0. The average Bonchev–Trinajstić information content (AvgIpc) is 3.38. The Balaban J connectivity index is 0.000000139. The van der Waals surface area contributed by atoms with Gasteiger partial charge < -0.3 is 10.0 Å². The van der Waals surface area contributed by atoms with Gasteiger partial charge >= 0.3 is 7.12 Å². The van der Waals surface area contributed by atoms with E-state index >= 15 is 0 Å². The lowest BCUT2D eigenvalue weighted by atomic mass is 9.76. The summed E-state index contributed by atoms with van der Waals surface area (Å²) in [6, 6.07) is 83.5. The Labute approximate surface area is 405 Å². The highest BCUT2D eigenvalue weighted by molar-refractivity contribution is 9.10. The Morgan fingerprint density at radius 1 is 0.254 bits per heavy atom. The Morgan fingerprint density at radius 2 is 0.567 bits per heavy atom. The van der Waals surface area contributed by atoms with Crippen molar-refractivity contribution in [2.24, 2.45) is 0 Å². The minimum absolute atomic E-state index is 0.555. The molecule has 0 unspecified atom stereocenters. The number of hydrogen-bond acceptors (Lipinski definition) is 2. The quantitative estimate of drug-likeness (QED) is 0.137. The minimum atomic E-state index is -1.44.